The van der Waals surface area contributed by atoms with E-state index in [1.54, 1.807) is 4.90 Å². The molecule has 3 rings (SSSR count). The molecule has 0 bridgehead atoms. The number of aromatic nitrogens is 1. The van der Waals surface area contributed by atoms with Crippen LogP contribution in [-0.4, -0.2) is 54.4 Å². The molecule has 1 saturated heterocycles. The van der Waals surface area contributed by atoms with Gasteiger partial charge in [-0.2, -0.15) is 0 Å². The van der Waals surface area contributed by atoms with Gasteiger partial charge in [0.15, 0.2) is 0 Å². The first-order chi connectivity index (χ1) is 13.9. The number of carbonyl (C=O) groups excluding carboxylic acids is 2. The number of anilines is 1. The summed E-state index contributed by atoms with van der Waals surface area (Å²) in [6.07, 6.45) is 1.90. The van der Waals surface area contributed by atoms with Crippen LogP contribution in [-0.2, 0) is 17.9 Å². The third-order valence-electron chi connectivity index (χ3n) is 5.13. The van der Waals surface area contributed by atoms with Gasteiger partial charge < -0.3 is 20.4 Å². The Morgan fingerprint density at radius 2 is 1.86 bits per heavy atom. The van der Waals surface area contributed by atoms with Crippen molar-refractivity contribution in [2.75, 3.05) is 31.6 Å². The molecule has 2 heterocycles. The molecule has 0 atom stereocenters. The van der Waals surface area contributed by atoms with Gasteiger partial charge in [-0.05, 0) is 43.2 Å². The van der Waals surface area contributed by atoms with Crippen molar-refractivity contribution >= 4 is 17.6 Å². The first-order valence-electron chi connectivity index (χ1n) is 9.97. The molecule has 2 amide bonds. The summed E-state index contributed by atoms with van der Waals surface area (Å²) in [5.41, 5.74) is 2.83. The van der Waals surface area contributed by atoms with Gasteiger partial charge in [0.2, 0.25) is 5.91 Å². The number of amides is 2. The van der Waals surface area contributed by atoms with E-state index in [4.69, 9.17) is 0 Å². The van der Waals surface area contributed by atoms with E-state index < -0.39 is 0 Å². The van der Waals surface area contributed by atoms with E-state index in [1.807, 2.05) is 43.6 Å². The largest absolute Gasteiger partial charge is 0.357 e. The van der Waals surface area contributed by atoms with E-state index in [-0.39, 0.29) is 18.4 Å². The van der Waals surface area contributed by atoms with Crippen LogP contribution in [0.25, 0.3) is 0 Å². The zero-order valence-corrected chi connectivity index (χ0v) is 17.3. The molecular formula is C22H29N5O2. The van der Waals surface area contributed by atoms with E-state index in [0.717, 1.165) is 23.5 Å². The van der Waals surface area contributed by atoms with Crippen LogP contribution in [0.4, 0.5) is 5.82 Å². The van der Waals surface area contributed by atoms with Crippen LogP contribution >= 0.6 is 0 Å². The number of hydrogen-bond donors (Lipinski definition) is 2. The zero-order valence-electron chi connectivity index (χ0n) is 17.3. The molecule has 7 nitrogen and oxygen atoms in total. The SMILES string of the molecule is CC(C)N(C)c1ccc(CNCc2ccc(C(=O)N3CCNC(=O)C3)cc2)cn1. The summed E-state index contributed by atoms with van der Waals surface area (Å²) in [7, 11) is 2.04. The Bertz CT molecular complexity index is 833. The Morgan fingerprint density at radius 3 is 2.48 bits per heavy atom. The summed E-state index contributed by atoms with van der Waals surface area (Å²) in [6, 6.07) is 12.1. The molecule has 7 heteroatoms. The maximum atomic E-state index is 12.5. The first kappa shape index (κ1) is 20.8. The van der Waals surface area contributed by atoms with Crippen molar-refractivity contribution in [3.05, 3.63) is 59.3 Å². The van der Waals surface area contributed by atoms with Gasteiger partial charge in [-0.15, -0.1) is 0 Å². The number of nitrogens with one attached hydrogen (secondary N) is 2. The number of carbonyl (C=O) groups is 2. The molecule has 1 fully saturated rings. The highest BCUT2D eigenvalue weighted by Crippen LogP contribution is 2.13. The standard InChI is InChI=1S/C22H29N5O2/c1-16(2)26(3)20-9-6-18(14-25-20)13-23-12-17-4-7-19(8-5-17)22(29)27-11-10-24-21(28)15-27/h4-9,14,16,23H,10-13,15H2,1-3H3,(H,24,28). The number of rotatable bonds is 7. The Labute approximate surface area is 172 Å². The van der Waals surface area contributed by atoms with Crippen LogP contribution in [0.15, 0.2) is 42.6 Å². The fraction of sp³-hybridized carbons (Fsp3) is 0.409. The second-order valence-corrected chi connectivity index (χ2v) is 7.61. The van der Waals surface area contributed by atoms with Crippen LogP contribution < -0.4 is 15.5 Å². The molecule has 1 aliphatic heterocycles. The second-order valence-electron chi connectivity index (χ2n) is 7.61. The first-order valence-corrected chi connectivity index (χ1v) is 9.97. The molecule has 2 aromatic rings. The minimum Gasteiger partial charge on any atom is -0.357 e. The lowest BCUT2D eigenvalue weighted by Gasteiger charge is -2.26. The van der Waals surface area contributed by atoms with Gasteiger partial charge in [-0.1, -0.05) is 18.2 Å². The summed E-state index contributed by atoms with van der Waals surface area (Å²) in [6.45, 7) is 6.89. The topological polar surface area (TPSA) is 77.6 Å². The van der Waals surface area contributed by atoms with Crippen molar-refractivity contribution in [1.29, 1.82) is 0 Å². The smallest absolute Gasteiger partial charge is 0.254 e. The van der Waals surface area contributed by atoms with E-state index in [1.165, 1.54) is 0 Å². The van der Waals surface area contributed by atoms with Crippen molar-refractivity contribution in [2.45, 2.75) is 33.0 Å². The summed E-state index contributed by atoms with van der Waals surface area (Å²) < 4.78 is 0. The number of pyridine rings is 1. The lowest BCUT2D eigenvalue weighted by Crippen LogP contribution is -2.49. The quantitative estimate of drug-likeness (QED) is 0.747. The normalized spacial score (nSPS) is 14.1. The predicted molar refractivity (Wildman–Crippen MR) is 114 cm³/mol. The van der Waals surface area contributed by atoms with Crippen molar-refractivity contribution < 1.29 is 9.59 Å². The molecule has 0 unspecified atom stereocenters. The van der Waals surface area contributed by atoms with Gasteiger partial charge in [0, 0.05) is 51.0 Å². The minimum absolute atomic E-state index is 0.100. The fourth-order valence-corrected chi connectivity index (χ4v) is 3.11. The average molecular weight is 396 g/mol. The summed E-state index contributed by atoms with van der Waals surface area (Å²) in [5, 5.41) is 6.13. The molecule has 1 aromatic carbocycles. The molecule has 2 N–H and O–H groups in total. The third kappa shape index (κ3) is 5.54. The van der Waals surface area contributed by atoms with Crippen LogP contribution in [0, 0.1) is 0 Å². The molecule has 1 aromatic heterocycles. The van der Waals surface area contributed by atoms with Gasteiger partial charge in [0.05, 0.1) is 6.54 Å². The van der Waals surface area contributed by atoms with Gasteiger partial charge in [-0.25, -0.2) is 4.98 Å². The molecule has 0 spiro atoms. The van der Waals surface area contributed by atoms with Crippen molar-refractivity contribution in [3.63, 3.8) is 0 Å². The monoisotopic (exact) mass is 395 g/mol. The molecular weight excluding hydrogens is 366 g/mol. The number of benzene rings is 1. The second kappa shape index (κ2) is 9.52. The van der Waals surface area contributed by atoms with E-state index in [2.05, 4.69) is 40.4 Å². The maximum absolute atomic E-state index is 12.5. The lowest BCUT2D eigenvalue weighted by atomic mass is 10.1. The van der Waals surface area contributed by atoms with Gasteiger partial charge >= 0.3 is 0 Å². The van der Waals surface area contributed by atoms with E-state index in [0.29, 0.717) is 31.2 Å². The molecule has 1 aliphatic rings. The van der Waals surface area contributed by atoms with E-state index >= 15 is 0 Å². The molecule has 0 saturated carbocycles. The van der Waals surface area contributed by atoms with Crippen LogP contribution in [0.2, 0.25) is 0 Å². The molecule has 154 valence electrons. The van der Waals surface area contributed by atoms with E-state index in [9.17, 15) is 9.59 Å². The third-order valence-corrected chi connectivity index (χ3v) is 5.13. The number of nitrogens with zero attached hydrogens (tertiary/aromatic N) is 3. The van der Waals surface area contributed by atoms with Crippen molar-refractivity contribution in [3.8, 4) is 0 Å². The molecule has 29 heavy (non-hydrogen) atoms. The summed E-state index contributed by atoms with van der Waals surface area (Å²) >= 11 is 0. The highest BCUT2D eigenvalue weighted by molar-refractivity contribution is 5.97. The number of piperazine rings is 1. The molecule has 0 aliphatic carbocycles. The zero-order chi connectivity index (χ0) is 20.8. The van der Waals surface area contributed by atoms with Gasteiger partial charge in [0.1, 0.15) is 5.82 Å². The highest BCUT2D eigenvalue weighted by atomic mass is 16.2. The Morgan fingerprint density at radius 1 is 1.17 bits per heavy atom. The van der Waals surface area contributed by atoms with Crippen LogP contribution in [0.3, 0.4) is 0 Å². The fourth-order valence-electron chi connectivity index (χ4n) is 3.11. The van der Waals surface area contributed by atoms with Crippen LogP contribution in [0.1, 0.15) is 35.3 Å². The van der Waals surface area contributed by atoms with Crippen molar-refractivity contribution in [2.24, 2.45) is 0 Å². The Kier molecular flexibility index (Phi) is 6.82. The lowest BCUT2D eigenvalue weighted by molar-refractivity contribution is -0.123. The Hall–Kier alpha value is -2.93. The minimum atomic E-state index is -0.108. The predicted octanol–water partition coefficient (Wildman–Crippen LogP) is 1.79. The summed E-state index contributed by atoms with van der Waals surface area (Å²) in [4.78, 5) is 32.2. The van der Waals surface area contributed by atoms with Crippen LogP contribution in [0.5, 0.6) is 0 Å². The maximum Gasteiger partial charge on any atom is 0.254 e. The Balaban J connectivity index is 1.49. The summed E-state index contributed by atoms with van der Waals surface area (Å²) in [5.74, 6) is 0.760. The average Bonchev–Trinajstić information content (AvgIpc) is 2.73. The highest BCUT2D eigenvalue weighted by Gasteiger charge is 2.22. The van der Waals surface area contributed by atoms with Gasteiger partial charge in [-0.3, -0.25) is 9.59 Å². The van der Waals surface area contributed by atoms with Gasteiger partial charge in [0.25, 0.3) is 5.91 Å². The van der Waals surface area contributed by atoms with Crippen molar-refractivity contribution in [1.82, 2.24) is 20.5 Å². The molecule has 0 radical (unpaired) electrons. The number of hydrogen-bond acceptors (Lipinski definition) is 5.